The van der Waals surface area contributed by atoms with Crippen LogP contribution in [0.5, 0.6) is 0 Å². The van der Waals surface area contributed by atoms with Gasteiger partial charge in [-0.05, 0) is 79.5 Å². The van der Waals surface area contributed by atoms with Crippen molar-refractivity contribution in [3.8, 4) is 22.3 Å². The molecule has 0 bridgehead atoms. The smallest absolute Gasteiger partial charge is 0.143 e. The molecule has 0 spiro atoms. The van der Waals surface area contributed by atoms with Gasteiger partial charge in [-0.1, -0.05) is 115 Å². The Bertz CT molecular complexity index is 2700. The van der Waals surface area contributed by atoms with Crippen LogP contribution in [0, 0.1) is 0 Å². The van der Waals surface area contributed by atoms with E-state index in [1.54, 1.807) is 0 Å². The summed E-state index contributed by atoms with van der Waals surface area (Å²) >= 11 is 0. The lowest BCUT2D eigenvalue weighted by Crippen LogP contribution is -1.90. The third-order valence-electron chi connectivity index (χ3n) is 9.24. The van der Waals surface area contributed by atoms with Crippen LogP contribution in [0.4, 0.5) is 0 Å². The van der Waals surface area contributed by atoms with Gasteiger partial charge in [0.05, 0.1) is 0 Å². The van der Waals surface area contributed by atoms with Gasteiger partial charge in [0.15, 0.2) is 0 Å². The predicted molar refractivity (Wildman–Crippen MR) is 184 cm³/mol. The van der Waals surface area contributed by atoms with E-state index in [0.717, 1.165) is 49.3 Å². The Morgan fingerprint density at radius 1 is 0.318 bits per heavy atom. The van der Waals surface area contributed by atoms with Gasteiger partial charge in [-0.3, -0.25) is 0 Å². The Morgan fingerprint density at radius 3 is 1.57 bits per heavy atom. The molecule has 0 N–H and O–H groups in total. The lowest BCUT2D eigenvalue weighted by Gasteiger charge is -2.17. The molecular formula is C42H24O2. The standard InChI is InChI=1S/C42H24O2/c1-2-11-26(12-3-1)38-29-14-6-8-16-31(29)39(32-17-9-7-15-30(32)38)27-19-21-35-34(24-27)41-36(43-35)22-23-37-40(41)33-20-18-25-10-4-5-13-28(25)42(33)44-37/h1-24H. The first-order chi connectivity index (χ1) is 21.8. The van der Waals surface area contributed by atoms with Gasteiger partial charge in [0, 0.05) is 26.9 Å². The van der Waals surface area contributed by atoms with E-state index in [0.29, 0.717) is 0 Å². The molecule has 2 nitrogen and oxygen atoms in total. The normalized spacial score (nSPS) is 12.1. The molecule has 0 fully saturated rings. The predicted octanol–water partition coefficient (Wildman–Crippen LogP) is 12.3. The first kappa shape index (κ1) is 23.7. The highest BCUT2D eigenvalue weighted by Gasteiger charge is 2.20. The van der Waals surface area contributed by atoms with Crippen LogP contribution in [0.1, 0.15) is 0 Å². The van der Waals surface area contributed by atoms with Gasteiger partial charge in [0.1, 0.15) is 22.3 Å². The molecule has 0 aliphatic carbocycles. The second-order valence-electron chi connectivity index (χ2n) is 11.6. The van der Waals surface area contributed by atoms with Crippen molar-refractivity contribution in [2.24, 2.45) is 0 Å². The van der Waals surface area contributed by atoms with Crippen molar-refractivity contribution in [2.45, 2.75) is 0 Å². The Morgan fingerprint density at radius 2 is 0.864 bits per heavy atom. The first-order valence-electron chi connectivity index (χ1n) is 15.0. The van der Waals surface area contributed by atoms with E-state index in [1.807, 2.05) is 12.1 Å². The van der Waals surface area contributed by atoms with E-state index in [2.05, 4.69) is 133 Å². The number of hydrogen-bond acceptors (Lipinski definition) is 2. The zero-order chi connectivity index (χ0) is 28.8. The highest BCUT2D eigenvalue weighted by Crippen LogP contribution is 2.46. The van der Waals surface area contributed by atoms with Crippen LogP contribution in [-0.2, 0) is 0 Å². The molecule has 204 valence electrons. The van der Waals surface area contributed by atoms with Crippen LogP contribution in [0.25, 0.3) is 98.4 Å². The highest BCUT2D eigenvalue weighted by molar-refractivity contribution is 6.29. The second-order valence-corrected chi connectivity index (χ2v) is 11.6. The summed E-state index contributed by atoms with van der Waals surface area (Å²) in [6.45, 7) is 0. The van der Waals surface area contributed by atoms with Gasteiger partial charge < -0.3 is 8.83 Å². The lowest BCUT2D eigenvalue weighted by atomic mass is 9.86. The molecule has 0 unspecified atom stereocenters. The van der Waals surface area contributed by atoms with Crippen molar-refractivity contribution in [1.29, 1.82) is 0 Å². The first-order valence-corrected chi connectivity index (χ1v) is 15.0. The van der Waals surface area contributed by atoms with Gasteiger partial charge >= 0.3 is 0 Å². The molecule has 2 aromatic heterocycles. The van der Waals surface area contributed by atoms with Crippen LogP contribution >= 0.6 is 0 Å². The van der Waals surface area contributed by atoms with Crippen LogP contribution in [0.3, 0.4) is 0 Å². The number of fused-ring (bicyclic) bond motifs is 11. The maximum absolute atomic E-state index is 6.54. The SMILES string of the molecule is c1ccc(-c2c3ccccc3c(-c3ccc4oc5ccc6oc7c8ccccc8ccc7c6c5c4c3)c3ccccc23)cc1. The lowest BCUT2D eigenvalue weighted by molar-refractivity contribution is 0.664. The van der Waals surface area contributed by atoms with E-state index < -0.39 is 0 Å². The van der Waals surface area contributed by atoms with Crippen molar-refractivity contribution < 1.29 is 8.83 Å². The number of benzene rings is 8. The minimum atomic E-state index is 0.870. The molecule has 0 radical (unpaired) electrons. The molecular weight excluding hydrogens is 536 g/mol. The Hall–Kier alpha value is -5.86. The maximum atomic E-state index is 6.54. The van der Waals surface area contributed by atoms with E-state index in [4.69, 9.17) is 8.83 Å². The summed E-state index contributed by atoms with van der Waals surface area (Å²) in [5.74, 6) is 0. The molecule has 0 saturated heterocycles. The highest BCUT2D eigenvalue weighted by atomic mass is 16.3. The van der Waals surface area contributed by atoms with Gasteiger partial charge in [0.25, 0.3) is 0 Å². The van der Waals surface area contributed by atoms with Crippen molar-refractivity contribution >= 4 is 76.2 Å². The van der Waals surface area contributed by atoms with Gasteiger partial charge in [-0.15, -0.1) is 0 Å². The third kappa shape index (κ3) is 3.20. The number of hydrogen-bond donors (Lipinski definition) is 0. The largest absolute Gasteiger partial charge is 0.456 e. The average Bonchev–Trinajstić information content (AvgIpc) is 3.65. The second kappa shape index (κ2) is 8.82. The minimum absolute atomic E-state index is 0.870. The fourth-order valence-corrected chi connectivity index (χ4v) is 7.37. The monoisotopic (exact) mass is 560 g/mol. The summed E-state index contributed by atoms with van der Waals surface area (Å²) in [7, 11) is 0. The van der Waals surface area contributed by atoms with E-state index in [-0.39, 0.29) is 0 Å². The third-order valence-corrected chi connectivity index (χ3v) is 9.24. The number of furan rings is 2. The van der Waals surface area contributed by atoms with Crippen LogP contribution in [0.2, 0.25) is 0 Å². The fraction of sp³-hybridized carbons (Fsp3) is 0. The molecule has 0 aliphatic heterocycles. The molecule has 0 saturated carbocycles. The summed E-state index contributed by atoms with van der Waals surface area (Å²) in [4.78, 5) is 0. The molecule has 0 aliphatic rings. The van der Waals surface area contributed by atoms with Crippen molar-refractivity contribution in [1.82, 2.24) is 0 Å². The quantitative estimate of drug-likeness (QED) is 0.197. The van der Waals surface area contributed by atoms with Gasteiger partial charge in [-0.25, -0.2) is 0 Å². The topological polar surface area (TPSA) is 26.3 Å². The zero-order valence-corrected chi connectivity index (χ0v) is 23.7. The summed E-state index contributed by atoms with van der Waals surface area (Å²) in [6.07, 6.45) is 0. The Kier molecular flexibility index (Phi) is 4.75. The summed E-state index contributed by atoms with van der Waals surface area (Å²) < 4.78 is 13.0. The molecule has 0 atom stereocenters. The molecule has 10 aromatic rings. The molecule has 10 rings (SSSR count). The van der Waals surface area contributed by atoms with Crippen LogP contribution < -0.4 is 0 Å². The Balaban J connectivity index is 1.32. The fourth-order valence-electron chi connectivity index (χ4n) is 7.37. The zero-order valence-electron chi connectivity index (χ0n) is 23.7. The van der Waals surface area contributed by atoms with Crippen LogP contribution in [-0.4, -0.2) is 0 Å². The average molecular weight is 561 g/mol. The molecule has 2 heterocycles. The summed E-state index contributed by atoms with van der Waals surface area (Å²) in [6, 6.07) is 51.9. The van der Waals surface area contributed by atoms with Gasteiger partial charge in [-0.2, -0.15) is 0 Å². The van der Waals surface area contributed by atoms with Gasteiger partial charge in [0.2, 0.25) is 0 Å². The molecule has 8 aromatic carbocycles. The maximum Gasteiger partial charge on any atom is 0.143 e. The Labute approximate surface area is 252 Å². The van der Waals surface area contributed by atoms with Crippen molar-refractivity contribution in [2.75, 3.05) is 0 Å². The summed E-state index contributed by atoms with van der Waals surface area (Å²) in [5.41, 5.74) is 8.45. The van der Waals surface area contributed by atoms with Crippen molar-refractivity contribution in [3.63, 3.8) is 0 Å². The molecule has 44 heavy (non-hydrogen) atoms. The van der Waals surface area contributed by atoms with E-state index in [9.17, 15) is 0 Å². The number of rotatable bonds is 2. The minimum Gasteiger partial charge on any atom is -0.456 e. The molecule has 0 amide bonds. The van der Waals surface area contributed by atoms with Crippen LogP contribution in [0.15, 0.2) is 154 Å². The summed E-state index contributed by atoms with van der Waals surface area (Å²) in [5, 5.41) is 11.7. The van der Waals surface area contributed by atoms with E-state index >= 15 is 0 Å². The van der Waals surface area contributed by atoms with E-state index in [1.165, 1.54) is 49.2 Å². The van der Waals surface area contributed by atoms with Crippen molar-refractivity contribution in [3.05, 3.63) is 146 Å². The molecule has 2 heteroatoms.